The topological polar surface area (TPSA) is 125 Å². The molecular formula is C27H29ClFN3O5S. The van der Waals surface area contributed by atoms with Crippen molar-refractivity contribution in [2.75, 3.05) is 12.4 Å². The van der Waals surface area contributed by atoms with E-state index in [0.717, 1.165) is 6.07 Å². The Hall–Kier alpha value is -3.34. The quantitative estimate of drug-likeness (QED) is 0.340. The molecular weight excluding hydrogens is 533 g/mol. The molecule has 3 rings (SSSR count). The monoisotopic (exact) mass is 561 g/mol. The third-order valence-corrected chi connectivity index (χ3v) is 8.00. The van der Waals surface area contributed by atoms with Crippen LogP contribution in [-0.4, -0.2) is 42.7 Å². The van der Waals surface area contributed by atoms with Crippen molar-refractivity contribution in [3.8, 4) is 0 Å². The van der Waals surface area contributed by atoms with Crippen LogP contribution in [0.15, 0.2) is 65.7 Å². The predicted octanol–water partition coefficient (Wildman–Crippen LogP) is 4.26. The van der Waals surface area contributed by atoms with Crippen LogP contribution in [0.3, 0.4) is 0 Å². The molecule has 2 aromatic carbocycles. The molecule has 2 unspecified atom stereocenters. The molecule has 0 fully saturated rings. The second-order valence-electron chi connectivity index (χ2n) is 8.97. The second-order valence-corrected chi connectivity index (χ2v) is 11.7. The first-order valence-corrected chi connectivity index (χ1v) is 14.0. The van der Waals surface area contributed by atoms with E-state index >= 15 is 4.39 Å². The van der Waals surface area contributed by atoms with Gasteiger partial charge in [-0.3, -0.25) is 14.6 Å². The summed E-state index contributed by atoms with van der Waals surface area (Å²) in [6.07, 6.45) is 1.20. The van der Waals surface area contributed by atoms with Gasteiger partial charge in [0.25, 0.3) is 11.8 Å². The van der Waals surface area contributed by atoms with Crippen LogP contribution in [0.1, 0.15) is 64.8 Å². The number of sulfone groups is 1. The highest BCUT2D eigenvalue weighted by molar-refractivity contribution is 7.91. The minimum atomic E-state index is -3.39. The molecule has 2 amide bonds. The Morgan fingerprint density at radius 1 is 1.00 bits per heavy atom. The summed E-state index contributed by atoms with van der Waals surface area (Å²) in [5.74, 6) is -2.15. The highest BCUT2D eigenvalue weighted by atomic mass is 35.5. The van der Waals surface area contributed by atoms with Crippen LogP contribution >= 0.6 is 11.6 Å². The number of nitrogens with one attached hydrogen (secondary N) is 2. The Bertz CT molecular complexity index is 1400. The fourth-order valence-corrected chi connectivity index (χ4v) is 4.74. The van der Waals surface area contributed by atoms with Crippen molar-refractivity contribution in [3.05, 3.63) is 94.0 Å². The smallest absolute Gasteiger partial charge is 0.253 e. The standard InChI is InChI=1S/C27H29ClFN3O5S/c1-4-38(36,37)21-11-7-17(8-12-21)23(15-33)31-27(35)19-13-22(29)25(30-14-19)24(16(2)3)32-26(34)18-5-9-20(28)10-6-18/h5-14,16,23-24,33H,4,15H2,1-3H3,(H,31,35)(H,32,34). The van der Waals surface area contributed by atoms with E-state index < -0.39 is 46.2 Å². The number of aromatic nitrogens is 1. The van der Waals surface area contributed by atoms with E-state index in [0.29, 0.717) is 16.1 Å². The summed E-state index contributed by atoms with van der Waals surface area (Å²) in [4.78, 5) is 29.8. The maximum absolute atomic E-state index is 15.1. The second kappa shape index (κ2) is 12.5. The molecule has 1 heterocycles. The highest BCUT2D eigenvalue weighted by Crippen LogP contribution is 2.24. The summed E-state index contributed by atoms with van der Waals surface area (Å²) in [6, 6.07) is 11.5. The van der Waals surface area contributed by atoms with E-state index in [4.69, 9.17) is 11.6 Å². The minimum absolute atomic E-state index is 0.0229. The van der Waals surface area contributed by atoms with Crippen molar-refractivity contribution in [1.29, 1.82) is 0 Å². The van der Waals surface area contributed by atoms with Crippen LogP contribution in [0.4, 0.5) is 4.39 Å². The third kappa shape index (κ3) is 6.94. The summed E-state index contributed by atoms with van der Waals surface area (Å²) in [5, 5.41) is 15.7. The summed E-state index contributed by atoms with van der Waals surface area (Å²) in [5.41, 5.74) is 0.726. The molecule has 38 heavy (non-hydrogen) atoms. The Balaban J connectivity index is 1.76. The highest BCUT2D eigenvalue weighted by Gasteiger charge is 2.25. The lowest BCUT2D eigenvalue weighted by atomic mass is 9.98. The molecule has 11 heteroatoms. The maximum Gasteiger partial charge on any atom is 0.253 e. The summed E-state index contributed by atoms with van der Waals surface area (Å²) in [7, 11) is -3.39. The maximum atomic E-state index is 15.1. The van der Waals surface area contributed by atoms with Gasteiger partial charge in [0.05, 0.1) is 40.6 Å². The number of hydrogen-bond donors (Lipinski definition) is 3. The zero-order chi connectivity index (χ0) is 28.0. The van der Waals surface area contributed by atoms with Crippen LogP contribution in [0.25, 0.3) is 0 Å². The zero-order valence-electron chi connectivity index (χ0n) is 21.1. The Morgan fingerprint density at radius 2 is 1.61 bits per heavy atom. The molecule has 202 valence electrons. The van der Waals surface area contributed by atoms with E-state index in [1.54, 1.807) is 38.1 Å². The van der Waals surface area contributed by atoms with Gasteiger partial charge in [-0.05, 0) is 53.9 Å². The first-order chi connectivity index (χ1) is 18.0. The number of pyridine rings is 1. The van der Waals surface area contributed by atoms with Gasteiger partial charge in [-0.15, -0.1) is 0 Å². The van der Waals surface area contributed by atoms with Crippen molar-refractivity contribution in [2.45, 2.75) is 37.8 Å². The normalized spacial score (nSPS) is 13.1. The average Bonchev–Trinajstić information content (AvgIpc) is 2.90. The fraction of sp³-hybridized carbons (Fsp3) is 0.296. The van der Waals surface area contributed by atoms with Gasteiger partial charge in [0.2, 0.25) is 0 Å². The van der Waals surface area contributed by atoms with Crippen LogP contribution in [0.5, 0.6) is 0 Å². The van der Waals surface area contributed by atoms with E-state index in [2.05, 4.69) is 15.6 Å². The molecule has 0 bridgehead atoms. The number of amides is 2. The summed E-state index contributed by atoms with van der Waals surface area (Å²) >= 11 is 5.87. The van der Waals surface area contributed by atoms with E-state index in [1.807, 2.05) is 0 Å². The number of nitrogens with zero attached hydrogens (tertiary/aromatic N) is 1. The van der Waals surface area contributed by atoms with Gasteiger partial charge >= 0.3 is 0 Å². The SMILES string of the molecule is CCS(=O)(=O)c1ccc(C(CO)NC(=O)c2cnc(C(NC(=O)c3ccc(Cl)cc3)C(C)C)c(F)c2)cc1. The zero-order valence-corrected chi connectivity index (χ0v) is 22.7. The lowest BCUT2D eigenvalue weighted by Crippen LogP contribution is -2.34. The van der Waals surface area contributed by atoms with Crippen molar-refractivity contribution in [2.24, 2.45) is 5.92 Å². The molecule has 8 nitrogen and oxygen atoms in total. The molecule has 1 aromatic heterocycles. The van der Waals surface area contributed by atoms with E-state index in [-0.39, 0.29) is 27.8 Å². The first kappa shape index (κ1) is 29.2. The number of benzene rings is 2. The predicted molar refractivity (Wildman–Crippen MR) is 142 cm³/mol. The van der Waals surface area contributed by atoms with Gasteiger partial charge < -0.3 is 15.7 Å². The first-order valence-electron chi connectivity index (χ1n) is 11.9. The van der Waals surface area contributed by atoms with Gasteiger partial charge in [-0.2, -0.15) is 0 Å². The molecule has 0 aliphatic heterocycles. The number of carbonyl (C=O) groups excluding carboxylic acids is 2. The van der Waals surface area contributed by atoms with Gasteiger partial charge in [-0.25, -0.2) is 12.8 Å². The third-order valence-electron chi connectivity index (χ3n) is 6.00. The Morgan fingerprint density at radius 3 is 2.13 bits per heavy atom. The Kier molecular flexibility index (Phi) is 9.59. The number of carbonyl (C=O) groups is 2. The number of aliphatic hydroxyl groups is 1. The number of rotatable bonds is 10. The van der Waals surface area contributed by atoms with Crippen LogP contribution in [0.2, 0.25) is 5.02 Å². The largest absolute Gasteiger partial charge is 0.394 e. The lowest BCUT2D eigenvalue weighted by Gasteiger charge is -2.23. The van der Waals surface area contributed by atoms with Gasteiger partial charge in [0, 0.05) is 16.8 Å². The molecule has 0 spiro atoms. The lowest BCUT2D eigenvalue weighted by molar-refractivity contribution is 0.0908. The molecule has 0 radical (unpaired) electrons. The van der Waals surface area contributed by atoms with Crippen molar-refractivity contribution in [3.63, 3.8) is 0 Å². The van der Waals surface area contributed by atoms with Crippen molar-refractivity contribution >= 4 is 33.3 Å². The van der Waals surface area contributed by atoms with Crippen LogP contribution in [0, 0.1) is 11.7 Å². The molecule has 0 saturated carbocycles. The van der Waals surface area contributed by atoms with Crippen LogP contribution < -0.4 is 10.6 Å². The van der Waals surface area contributed by atoms with Crippen LogP contribution in [-0.2, 0) is 9.84 Å². The Labute approximate surface area is 226 Å². The molecule has 3 aromatic rings. The minimum Gasteiger partial charge on any atom is -0.394 e. The molecule has 0 aliphatic carbocycles. The van der Waals surface area contributed by atoms with Gasteiger partial charge in [0.15, 0.2) is 9.84 Å². The number of hydrogen-bond acceptors (Lipinski definition) is 6. The van der Waals surface area contributed by atoms with Gasteiger partial charge in [0.1, 0.15) is 5.82 Å². The fourth-order valence-electron chi connectivity index (χ4n) is 3.73. The van der Waals surface area contributed by atoms with E-state index in [9.17, 15) is 23.1 Å². The number of aliphatic hydroxyl groups excluding tert-OH is 1. The average molecular weight is 562 g/mol. The molecule has 0 aliphatic rings. The number of halogens is 2. The van der Waals surface area contributed by atoms with Crippen molar-refractivity contribution in [1.82, 2.24) is 15.6 Å². The van der Waals surface area contributed by atoms with E-state index in [1.165, 1.54) is 37.4 Å². The summed E-state index contributed by atoms with van der Waals surface area (Å²) in [6.45, 7) is 4.68. The molecule has 2 atom stereocenters. The van der Waals surface area contributed by atoms with Crippen molar-refractivity contribution < 1.29 is 27.5 Å². The summed E-state index contributed by atoms with van der Waals surface area (Å²) < 4.78 is 39.2. The molecule has 0 saturated heterocycles. The molecule has 3 N–H and O–H groups in total. The van der Waals surface area contributed by atoms with Gasteiger partial charge in [-0.1, -0.05) is 44.5 Å².